The zero-order chi connectivity index (χ0) is 15.1. The highest BCUT2D eigenvalue weighted by molar-refractivity contribution is 5.89. The number of benzene rings is 1. The van der Waals surface area contributed by atoms with Crippen molar-refractivity contribution in [3.63, 3.8) is 0 Å². The summed E-state index contributed by atoms with van der Waals surface area (Å²) in [5.74, 6) is -0.290. The molecule has 1 saturated heterocycles. The summed E-state index contributed by atoms with van der Waals surface area (Å²) in [4.78, 5) is 16.3. The van der Waals surface area contributed by atoms with Gasteiger partial charge in [0.25, 0.3) is 0 Å². The van der Waals surface area contributed by atoms with E-state index in [1.165, 1.54) is 7.11 Å². The Morgan fingerprint density at radius 3 is 2.76 bits per heavy atom. The molecule has 5 heteroatoms. The van der Waals surface area contributed by atoms with Crippen LogP contribution in [0, 0.1) is 0 Å². The number of hydrogen-bond donors (Lipinski definition) is 1. The van der Waals surface area contributed by atoms with Crippen LogP contribution in [-0.2, 0) is 11.3 Å². The van der Waals surface area contributed by atoms with E-state index in [4.69, 9.17) is 9.84 Å². The number of β-amino-alcohol motifs (C(OH)–C–C–N with tert-alkyl or cyclic N) is 1. The van der Waals surface area contributed by atoms with Crippen LogP contribution >= 0.6 is 0 Å². The fraction of sp³-hybridized carbons (Fsp3) is 0.562. The summed E-state index contributed by atoms with van der Waals surface area (Å²) in [6.07, 6.45) is 1.11. The molecule has 1 aromatic rings. The van der Waals surface area contributed by atoms with Crippen LogP contribution in [0.15, 0.2) is 24.3 Å². The Kier molecular flexibility index (Phi) is 6.17. The fourth-order valence-corrected chi connectivity index (χ4v) is 2.72. The van der Waals surface area contributed by atoms with Gasteiger partial charge >= 0.3 is 5.97 Å². The van der Waals surface area contributed by atoms with Gasteiger partial charge in [0.2, 0.25) is 0 Å². The highest BCUT2D eigenvalue weighted by atomic mass is 16.5. The number of nitrogens with zero attached hydrogens (tertiary/aromatic N) is 2. The molecule has 1 fully saturated rings. The smallest absolute Gasteiger partial charge is 0.337 e. The van der Waals surface area contributed by atoms with E-state index in [1.807, 2.05) is 18.2 Å². The first-order valence-corrected chi connectivity index (χ1v) is 7.46. The number of rotatable bonds is 5. The Balaban J connectivity index is 1.93. The van der Waals surface area contributed by atoms with Crippen molar-refractivity contribution >= 4 is 5.97 Å². The van der Waals surface area contributed by atoms with Crippen LogP contribution in [0.5, 0.6) is 0 Å². The lowest BCUT2D eigenvalue weighted by Crippen LogP contribution is -2.32. The van der Waals surface area contributed by atoms with E-state index < -0.39 is 0 Å². The summed E-state index contributed by atoms with van der Waals surface area (Å²) in [6.45, 7) is 5.88. The summed E-state index contributed by atoms with van der Waals surface area (Å²) in [5.41, 5.74) is 1.74. The number of carbonyl (C=O) groups excluding carboxylic acids is 1. The van der Waals surface area contributed by atoms with Gasteiger partial charge in [-0.25, -0.2) is 4.79 Å². The normalized spacial score (nSPS) is 17.4. The maximum Gasteiger partial charge on any atom is 0.337 e. The molecule has 0 amide bonds. The topological polar surface area (TPSA) is 53.0 Å². The summed E-state index contributed by atoms with van der Waals surface area (Å²) >= 11 is 0. The van der Waals surface area contributed by atoms with E-state index in [1.54, 1.807) is 6.07 Å². The predicted octanol–water partition coefficient (Wildman–Crippen LogP) is 0.973. The van der Waals surface area contributed by atoms with Crippen LogP contribution in [0.25, 0.3) is 0 Å². The van der Waals surface area contributed by atoms with Gasteiger partial charge in [-0.3, -0.25) is 9.80 Å². The van der Waals surface area contributed by atoms with Crippen molar-refractivity contribution in [2.24, 2.45) is 0 Å². The van der Waals surface area contributed by atoms with Gasteiger partial charge in [0.15, 0.2) is 0 Å². The molecular weight excluding hydrogens is 268 g/mol. The quantitative estimate of drug-likeness (QED) is 0.820. The molecule has 0 unspecified atom stereocenters. The van der Waals surface area contributed by atoms with Gasteiger partial charge in [-0.15, -0.1) is 0 Å². The average Bonchev–Trinajstić information content (AvgIpc) is 2.73. The molecule has 0 saturated carbocycles. The zero-order valence-electron chi connectivity index (χ0n) is 12.6. The number of carbonyl (C=O) groups is 1. The Morgan fingerprint density at radius 1 is 1.24 bits per heavy atom. The third-order valence-electron chi connectivity index (χ3n) is 3.85. The molecule has 1 aromatic carbocycles. The molecule has 116 valence electrons. The van der Waals surface area contributed by atoms with Crippen molar-refractivity contribution in [3.05, 3.63) is 35.4 Å². The number of esters is 1. The molecule has 0 spiro atoms. The number of aliphatic hydroxyl groups excluding tert-OH is 1. The van der Waals surface area contributed by atoms with Crippen LogP contribution in [0.4, 0.5) is 0 Å². The molecule has 0 bridgehead atoms. The van der Waals surface area contributed by atoms with Gasteiger partial charge in [-0.2, -0.15) is 0 Å². The Labute approximate surface area is 126 Å². The molecular formula is C16H24N2O3. The van der Waals surface area contributed by atoms with Crippen LogP contribution in [0.2, 0.25) is 0 Å². The van der Waals surface area contributed by atoms with Gasteiger partial charge < -0.3 is 9.84 Å². The summed E-state index contributed by atoms with van der Waals surface area (Å²) < 4.78 is 4.76. The first-order valence-electron chi connectivity index (χ1n) is 7.46. The lowest BCUT2D eigenvalue weighted by molar-refractivity contribution is 0.0600. The third kappa shape index (κ3) is 4.81. The third-order valence-corrected chi connectivity index (χ3v) is 3.85. The van der Waals surface area contributed by atoms with Crippen molar-refractivity contribution in [2.75, 3.05) is 46.4 Å². The Morgan fingerprint density at radius 2 is 2.00 bits per heavy atom. The monoisotopic (exact) mass is 292 g/mol. The second-order valence-electron chi connectivity index (χ2n) is 5.39. The number of hydrogen-bond acceptors (Lipinski definition) is 5. The van der Waals surface area contributed by atoms with Gasteiger partial charge in [0.1, 0.15) is 0 Å². The second-order valence-corrected chi connectivity index (χ2v) is 5.39. The maximum atomic E-state index is 11.6. The Hall–Kier alpha value is -1.43. The molecule has 5 nitrogen and oxygen atoms in total. The predicted molar refractivity (Wildman–Crippen MR) is 81.2 cm³/mol. The average molecular weight is 292 g/mol. The van der Waals surface area contributed by atoms with Crippen LogP contribution in [-0.4, -0.2) is 67.3 Å². The van der Waals surface area contributed by atoms with Crippen molar-refractivity contribution < 1.29 is 14.6 Å². The molecule has 0 radical (unpaired) electrons. The first-order chi connectivity index (χ1) is 10.2. The molecule has 1 N–H and O–H groups in total. The molecule has 0 atom stereocenters. The van der Waals surface area contributed by atoms with E-state index in [2.05, 4.69) is 9.80 Å². The van der Waals surface area contributed by atoms with E-state index in [9.17, 15) is 4.79 Å². The molecule has 0 aromatic heterocycles. The van der Waals surface area contributed by atoms with Crippen LogP contribution < -0.4 is 0 Å². The van der Waals surface area contributed by atoms with Gasteiger partial charge in [-0.05, 0) is 37.2 Å². The minimum atomic E-state index is -0.290. The summed E-state index contributed by atoms with van der Waals surface area (Å²) in [5, 5.41) is 9.02. The van der Waals surface area contributed by atoms with Gasteiger partial charge in [0, 0.05) is 26.2 Å². The zero-order valence-corrected chi connectivity index (χ0v) is 12.6. The number of aliphatic hydroxyl groups is 1. The Bertz CT molecular complexity index is 465. The van der Waals surface area contributed by atoms with E-state index in [0.717, 1.165) is 51.3 Å². The minimum Gasteiger partial charge on any atom is -0.465 e. The van der Waals surface area contributed by atoms with Crippen molar-refractivity contribution in [2.45, 2.75) is 13.0 Å². The molecule has 2 rings (SSSR count). The van der Waals surface area contributed by atoms with E-state index >= 15 is 0 Å². The lowest BCUT2D eigenvalue weighted by Gasteiger charge is -2.21. The van der Waals surface area contributed by atoms with Crippen LogP contribution in [0.3, 0.4) is 0 Å². The summed E-state index contributed by atoms with van der Waals surface area (Å²) in [7, 11) is 1.40. The molecule has 21 heavy (non-hydrogen) atoms. The second kappa shape index (κ2) is 8.12. The van der Waals surface area contributed by atoms with Crippen molar-refractivity contribution in [1.82, 2.24) is 9.80 Å². The van der Waals surface area contributed by atoms with Gasteiger partial charge in [0.05, 0.1) is 19.3 Å². The fourth-order valence-electron chi connectivity index (χ4n) is 2.72. The number of methoxy groups -OCH3 is 1. The number of ether oxygens (including phenoxy) is 1. The largest absolute Gasteiger partial charge is 0.465 e. The molecule has 0 aliphatic carbocycles. The maximum absolute atomic E-state index is 11.6. The van der Waals surface area contributed by atoms with Gasteiger partial charge in [-0.1, -0.05) is 12.1 Å². The molecule has 1 heterocycles. The van der Waals surface area contributed by atoms with Crippen LogP contribution in [0.1, 0.15) is 22.3 Å². The summed E-state index contributed by atoms with van der Waals surface area (Å²) in [6, 6.07) is 7.63. The highest BCUT2D eigenvalue weighted by Gasteiger charge is 2.15. The first kappa shape index (κ1) is 15.9. The van der Waals surface area contributed by atoms with Crippen molar-refractivity contribution in [3.8, 4) is 0 Å². The molecule has 1 aliphatic rings. The highest BCUT2D eigenvalue weighted by Crippen LogP contribution is 2.11. The standard InChI is InChI=1S/C16H24N2O3/c1-21-16(20)15-5-2-4-14(12-15)13-18-7-3-6-17(8-9-18)10-11-19/h2,4-5,12,19H,3,6-11,13H2,1H3. The molecule has 1 aliphatic heterocycles. The van der Waals surface area contributed by atoms with E-state index in [-0.39, 0.29) is 12.6 Å². The minimum absolute atomic E-state index is 0.223. The van der Waals surface area contributed by atoms with E-state index in [0.29, 0.717) is 5.56 Å². The van der Waals surface area contributed by atoms with Crippen molar-refractivity contribution in [1.29, 1.82) is 0 Å². The SMILES string of the molecule is COC(=O)c1cccc(CN2CCCN(CCO)CC2)c1. The lowest BCUT2D eigenvalue weighted by atomic mass is 10.1.